The molecule has 1 aromatic heterocycles. The molecule has 1 N–H and O–H groups in total. The van der Waals surface area contributed by atoms with Crippen molar-refractivity contribution in [3.63, 3.8) is 0 Å². The largest absolute Gasteiger partial charge is 0.391 e. The highest BCUT2D eigenvalue weighted by Gasteiger charge is 2.28. The molecular formula is C24H31N5O5S2. The van der Waals surface area contributed by atoms with E-state index in [1.807, 2.05) is 26.0 Å². The minimum Gasteiger partial charge on any atom is -0.391 e. The maximum atomic E-state index is 12.7. The van der Waals surface area contributed by atoms with Crippen molar-refractivity contribution in [2.45, 2.75) is 42.7 Å². The minimum atomic E-state index is -3.70. The Morgan fingerprint density at radius 1 is 0.972 bits per heavy atom. The van der Waals surface area contributed by atoms with Gasteiger partial charge < -0.3 is 5.11 Å². The van der Waals surface area contributed by atoms with Gasteiger partial charge in [-0.15, -0.1) is 0 Å². The topological polar surface area (TPSA) is 153 Å². The van der Waals surface area contributed by atoms with Crippen LogP contribution in [0.5, 0.6) is 0 Å². The Kier molecular flexibility index (Phi) is 10.4. The Morgan fingerprint density at radius 2 is 1.61 bits per heavy atom. The quantitative estimate of drug-likeness (QED) is 0.249. The van der Waals surface area contributed by atoms with Crippen LogP contribution >= 0.6 is 0 Å². The van der Waals surface area contributed by atoms with Crippen molar-refractivity contribution in [3.05, 3.63) is 77.3 Å². The van der Waals surface area contributed by atoms with Crippen LogP contribution in [0.15, 0.2) is 81.8 Å². The first-order valence-electron chi connectivity index (χ1n) is 11.2. The average Bonchev–Trinajstić information content (AvgIpc) is 2.83. The second kappa shape index (κ2) is 12.8. The van der Waals surface area contributed by atoms with E-state index in [4.69, 9.17) is 5.53 Å². The van der Waals surface area contributed by atoms with E-state index in [2.05, 4.69) is 15.0 Å². The summed E-state index contributed by atoms with van der Waals surface area (Å²) in [6.45, 7) is 5.51. The van der Waals surface area contributed by atoms with Crippen LogP contribution in [-0.4, -0.2) is 62.7 Å². The number of sulfonamides is 1. The van der Waals surface area contributed by atoms with Crippen LogP contribution in [0.3, 0.4) is 0 Å². The lowest BCUT2D eigenvalue weighted by Gasteiger charge is -2.27. The Bertz CT molecular complexity index is 1400. The number of sulfone groups is 1. The lowest BCUT2D eigenvalue weighted by atomic mass is 10.2. The third-order valence-corrected chi connectivity index (χ3v) is 8.10. The molecule has 0 radical (unpaired) electrons. The smallest absolute Gasteiger partial charge is 0.243 e. The fourth-order valence-electron chi connectivity index (χ4n) is 3.31. The summed E-state index contributed by atoms with van der Waals surface area (Å²) in [5, 5.41) is 14.3. The molecule has 12 heteroatoms. The molecule has 3 aromatic rings. The number of para-hydroxylation sites is 1. The van der Waals surface area contributed by atoms with Crippen molar-refractivity contribution in [2.75, 3.05) is 19.3 Å². The minimum absolute atomic E-state index is 0.0976. The molecule has 0 aliphatic rings. The number of azide groups is 1. The molecule has 0 saturated carbocycles. The van der Waals surface area contributed by atoms with Gasteiger partial charge in [-0.05, 0) is 35.7 Å². The maximum absolute atomic E-state index is 12.7. The van der Waals surface area contributed by atoms with Gasteiger partial charge in [0, 0.05) is 35.8 Å². The van der Waals surface area contributed by atoms with Crippen molar-refractivity contribution in [3.8, 4) is 0 Å². The summed E-state index contributed by atoms with van der Waals surface area (Å²) in [5.41, 5.74) is 8.96. The Hall–Kier alpha value is -3.02. The Balaban J connectivity index is 0.000000278. The molecule has 194 valence electrons. The first-order valence-corrected chi connectivity index (χ1v) is 14.5. The zero-order valence-electron chi connectivity index (χ0n) is 20.6. The number of hydrogen-bond donors (Lipinski definition) is 1. The molecule has 2 aromatic carbocycles. The summed E-state index contributed by atoms with van der Waals surface area (Å²) in [5.74, 6) is 0.0976. The molecule has 1 heterocycles. The standard InChI is InChI=1S/C14H22N4O3S.C10H9NO2S/c1-11(2)9-18(10-14(19)12(3)16-17-15)22(20,21)13-7-5-4-6-8-13;1-14(12,13)9-6-2-4-8-5-3-7-11-10(8)9/h4-8,11-12,14,19H,9-10H2,1-3H3;2-7H,1H3/t12-,14?;/m0./s1. The zero-order valence-corrected chi connectivity index (χ0v) is 22.3. The number of aliphatic hydroxyl groups excluding tert-OH is 1. The monoisotopic (exact) mass is 533 g/mol. The van der Waals surface area contributed by atoms with Gasteiger partial charge in [-0.25, -0.2) is 16.8 Å². The number of pyridine rings is 1. The third-order valence-electron chi connectivity index (χ3n) is 5.13. The van der Waals surface area contributed by atoms with Crippen LogP contribution < -0.4 is 0 Å². The van der Waals surface area contributed by atoms with E-state index in [-0.39, 0.29) is 28.8 Å². The van der Waals surface area contributed by atoms with Crippen LogP contribution in [0.1, 0.15) is 20.8 Å². The van der Waals surface area contributed by atoms with Gasteiger partial charge in [0.15, 0.2) is 9.84 Å². The summed E-state index contributed by atoms with van der Waals surface area (Å²) in [4.78, 5) is 7.18. The highest BCUT2D eigenvalue weighted by Crippen LogP contribution is 2.20. The number of hydrogen-bond acceptors (Lipinski definition) is 7. The predicted octanol–water partition coefficient (Wildman–Crippen LogP) is 4.03. The normalized spacial score (nSPS) is 13.5. The number of aromatic nitrogens is 1. The van der Waals surface area contributed by atoms with E-state index in [9.17, 15) is 21.9 Å². The van der Waals surface area contributed by atoms with Crippen molar-refractivity contribution < 1.29 is 21.9 Å². The van der Waals surface area contributed by atoms with Crippen LogP contribution in [0, 0.1) is 5.92 Å². The number of benzene rings is 2. The predicted molar refractivity (Wildman–Crippen MR) is 140 cm³/mol. The molecule has 0 spiro atoms. The molecule has 0 aliphatic carbocycles. The fourth-order valence-corrected chi connectivity index (χ4v) is 5.80. The van der Waals surface area contributed by atoms with Gasteiger partial charge in [-0.2, -0.15) is 4.31 Å². The van der Waals surface area contributed by atoms with E-state index >= 15 is 0 Å². The van der Waals surface area contributed by atoms with Crippen LogP contribution in [0.2, 0.25) is 0 Å². The van der Waals surface area contributed by atoms with Crippen LogP contribution in [0.25, 0.3) is 21.3 Å². The summed E-state index contributed by atoms with van der Waals surface area (Å²) in [6.07, 6.45) is 1.72. The SMILES string of the molecule is CC(C)CN(CC(O)[C@H](C)N=[N+]=[N-])S(=O)(=O)c1ccccc1.CS(=O)(=O)c1cccc2cccnc12. The van der Waals surface area contributed by atoms with Crippen molar-refractivity contribution in [2.24, 2.45) is 11.0 Å². The molecule has 0 amide bonds. The molecule has 0 saturated heterocycles. The van der Waals surface area contributed by atoms with E-state index < -0.39 is 32.0 Å². The van der Waals surface area contributed by atoms with Crippen molar-refractivity contribution in [1.29, 1.82) is 0 Å². The number of fused-ring (bicyclic) bond motifs is 1. The summed E-state index contributed by atoms with van der Waals surface area (Å²) in [6, 6.07) is 16.2. The lowest BCUT2D eigenvalue weighted by Crippen LogP contribution is -2.42. The third kappa shape index (κ3) is 8.00. The molecule has 10 nitrogen and oxygen atoms in total. The van der Waals surface area contributed by atoms with Gasteiger partial charge in [0.1, 0.15) is 0 Å². The highest BCUT2D eigenvalue weighted by molar-refractivity contribution is 7.91. The van der Waals surface area contributed by atoms with Crippen molar-refractivity contribution >= 4 is 30.8 Å². The van der Waals surface area contributed by atoms with E-state index in [0.29, 0.717) is 5.52 Å². The maximum Gasteiger partial charge on any atom is 0.243 e. The fraction of sp³-hybridized carbons (Fsp3) is 0.375. The first kappa shape index (κ1) is 29.2. The molecule has 0 fully saturated rings. The molecule has 3 rings (SSSR count). The second-order valence-corrected chi connectivity index (χ2v) is 12.6. The number of nitrogens with zero attached hydrogens (tertiary/aromatic N) is 5. The summed E-state index contributed by atoms with van der Waals surface area (Å²) in [7, 11) is -6.89. The van der Waals surface area contributed by atoms with Crippen LogP contribution in [0.4, 0.5) is 0 Å². The van der Waals surface area contributed by atoms with Gasteiger partial charge in [0.05, 0.1) is 27.5 Å². The number of aliphatic hydroxyl groups is 1. The Labute approximate surface area is 212 Å². The molecule has 0 bridgehead atoms. The molecule has 0 aliphatic heterocycles. The van der Waals surface area contributed by atoms with Gasteiger partial charge in [0.25, 0.3) is 0 Å². The van der Waals surface area contributed by atoms with Crippen molar-refractivity contribution in [1.82, 2.24) is 9.29 Å². The van der Waals surface area contributed by atoms with Gasteiger partial charge in [-0.1, -0.05) is 62.3 Å². The molecule has 1 unspecified atom stereocenters. The molecule has 2 atom stereocenters. The van der Waals surface area contributed by atoms with E-state index in [1.165, 1.54) is 22.7 Å². The summed E-state index contributed by atoms with van der Waals surface area (Å²) >= 11 is 0. The summed E-state index contributed by atoms with van der Waals surface area (Å²) < 4.78 is 49.4. The highest BCUT2D eigenvalue weighted by atomic mass is 32.2. The average molecular weight is 534 g/mol. The van der Waals surface area contributed by atoms with E-state index in [0.717, 1.165) is 5.39 Å². The zero-order chi connectivity index (χ0) is 26.9. The lowest BCUT2D eigenvalue weighted by molar-refractivity contribution is 0.122. The van der Waals surface area contributed by atoms with Gasteiger partial charge in [0.2, 0.25) is 10.0 Å². The second-order valence-electron chi connectivity index (χ2n) is 8.65. The first-order chi connectivity index (χ1) is 16.9. The number of rotatable bonds is 9. The molecular weight excluding hydrogens is 502 g/mol. The molecule has 36 heavy (non-hydrogen) atoms. The van der Waals surface area contributed by atoms with E-state index in [1.54, 1.807) is 49.5 Å². The van der Waals surface area contributed by atoms with Gasteiger partial charge in [-0.3, -0.25) is 4.98 Å². The van der Waals surface area contributed by atoms with Crippen LogP contribution in [-0.2, 0) is 19.9 Å². The Morgan fingerprint density at radius 3 is 2.19 bits per heavy atom. The van der Waals surface area contributed by atoms with Gasteiger partial charge >= 0.3 is 0 Å².